The fourth-order valence-electron chi connectivity index (χ4n) is 2.77. The fourth-order valence-corrected chi connectivity index (χ4v) is 5.32. The van der Waals surface area contributed by atoms with Crippen LogP contribution in [0.4, 0.5) is 4.79 Å². The monoisotopic (exact) mass is 434 g/mol. The standard InChI is InChI=1S/C18H18N4O5S2/c1-26-14-4-11(12-7-21-22(9-12)13-2-3-13)5-15(6-14)29(24,25)17-8-20-16(28-17)10-27-18(19)23/h4-9,13H,2-3,10H2,1H3,(H2,19,23). The van der Waals surface area contributed by atoms with E-state index in [2.05, 4.69) is 14.8 Å². The molecule has 1 aliphatic carbocycles. The number of hydrogen-bond donors (Lipinski definition) is 1. The van der Waals surface area contributed by atoms with Crippen LogP contribution in [0.15, 0.2) is 45.9 Å². The van der Waals surface area contributed by atoms with Gasteiger partial charge in [0.25, 0.3) is 0 Å². The van der Waals surface area contributed by atoms with Gasteiger partial charge in [-0.05, 0) is 36.6 Å². The predicted molar refractivity (Wildman–Crippen MR) is 104 cm³/mol. The highest BCUT2D eigenvalue weighted by Gasteiger charge is 2.26. The molecule has 29 heavy (non-hydrogen) atoms. The summed E-state index contributed by atoms with van der Waals surface area (Å²) in [5.41, 5.74) is 6.43. The Kier molecular flexibility index (Phi) is 5.01. The van der Waals surface area contributed by atoms with Crippen molar-refractivity contribution >= 4 is 27.3 Å². The number of nitrogens with zero attached hydrogens (tertiary/aromatic N) is 3. The molecule has 0 aliphatic heterocycles. The summed E-state index contributed by atoms with van der Waals surface area (Å²) in [6.07, 6.45) is 6.13. The molecule has 0 bridgehead atoms. The number of rotatable bonds is 7. The maximum absolute atomic E-state index is 13.1. The topological polar surface area (TPSA) is 126 Å². The molecule has 4 rings (SSSR count). The van der Waals surface area contributed by atoms with Gasteiger partial charge in [-0.1, -0.05) is 0 Å². The summed E-state index contributed by atoms with van der Waals surface area (Å²) in [6.45, 7) is -0.181. The van der Waals surface area contributed by atoms with Crippen LogP contribution in [-0.2, 0) is 21.2 Å². The lowest BCUT2D eigenvalue weighted by Gasteiger charge is -2.08. The number of amides is 1. The molecule has 0 atom stereocenters. The van der Waals surface area contributed by atoms with Crippen molar-refractivity contribution in [1.82, 2.24) is 14.8 Å². The van der Waals surface area contributed by atoms with E-state index in [1.165, 1.54) is 19.4 Å². The van der Waals surface area contributed by atoms with Crippen LogP contribution >= 0.6 is 11.3 Å². The van der Waals surface area contributed by atoms with E-state index in [4.69, 9.17) is 10.5 Å². The van der Waals surface area contributed by atoms with Crippen LogP contribution in [0.3, 0.4) is 0 Å². The number of ether oxygens (including phenoxy) is 2. The Morgan fingerprint density at radius 2 is 2.07 bits per heavy atom. The quantitative estimate of drug-likeness (QED) is 0.606. The third kappa shape index (κ3) is 4.10. The number of aromatic nitrogens is 3. The van der Waals surface area contributed by atoms with E-state index in [1.807, 2.05) is 10.9 Å². The van der Waals surface area contributed by atoms with E-state index >= 15 is 0 Å². The summed E-state index contributed by atoms with van der Waals surface area (Å²) in [5.74, 6) is 0.419. The van der Waals surface area contributed by atoms with Crippen LogP contribution in [-0.4, -0.2) is 36.4 Å². The van der Waals surface area contributed by atoms with Crippen molar-refractivity contribution in [2.75, 3.05) is 7.11 Å². The summed E-state index contributed by atoms with van der Waals surface area (Å²) >= 11 is 0.919. The fraction of sp³-hybridized carbons (Fsp3) is 0.278. The van der Waals surface area contributed by atoms with Crippen LogP contribution in [0.2, 0.25) is 0 Å². The molecule has 3 aromatic rings. The van der Waals surface area contributed by atoms with Gasteiger partial charge in [-0.25, -0.2) is 18.2 Å². The van der Waals surface area contributed by atoms with E-state index in [-0.39, 0.29) is 15.7 Å². The summed E-state index contributed by atoms with van der Waals surface area (Å²) in [5, 5.41) is 4.69. The first kappa shape index (κ1) is 19.4. The van der Waals surface area contributed by atoms with Gasteiger partial charge in [0.1, 0.15) is 21.6 Å². The van der Waals surface area contributed by atoms with Crippen molar-refractivity contribution in [2.45, 2.75) is 34.6 Å². The van der Waals surface area contributed by atoms with Gasteiger partial charge in [-0.15, -0.1) is 11.3 Å². The van der Waals surface area contributed by atoms with Crippen molar-refractivity contribution in [3.63, 3.8) is 0 Å². The smallest absolute Gasteiger partial charge is 0.404 e. The molecule has 1 fully saturated rings. The molecule has 11 heteroatoms. The Balaban J connectivity index is 1.68. The van der Waals surface area contributed by atoms with Gasteiger partial charge >= 0.3 is 6.09 Å². The zero-order chi connectivity index (χ0) is 20.6. The predicted octanol–water partition coefficient (Wildman–Crippen LogP) is 2.78. The third-order valence-electron chi connectivity index (χ3n) is 4.42. The second-order valence-corrected chi connectivity index (χ2v) is 9.81. The van der Waals surface area contributed by atoms with E-state index in [9.17, 15) is 13.2 Å². The summed E-state index contributed by atoms with van der Waals surface area (Å²) in [4.78, 5) is 14.8. The SMILES string of the molecule is COc1cc(-c2cnn(C3CC3)c2)cc(S(=O)(=O)c2cnc(COC(N)=O)s2)c1. The van der Waals surface area contributed by atoms with Gasteiger partial charge in [0.15, 0.2) is 0 Å². The first-order valence-electron chi connectivity index (χ1n) is 8.72. The van der Waals surface area contributed by atoms with Crippen molar-refractivity contribution in [3.05, 3.63) is 41.8 Å². The van der Waals surface area contributed by atoms with Gasteiger partial charge in [0.2, 0.25) is 9.84 Å². The minimum absolute atomic E-state index is 0.0356. The molecule has 0 radical (unpaired) electrons. The molecule has 1 saturated carbocycles. The maximum atomic E-state index is 13.1. The van der Waals surface area contributed by atoms with E-state index in [1.54, 1.807) is 18.3 Å². The number of hydrogen-bond acceptors (Lipinski definition) is 8. The van der Waals surface area contributed by atoms with Crippen LogP contribution in [0.25, 0.3) is 11.1 Å². The van der Waals surface area contributed by atoms with E-state index in [0.29, 0.717) is 22.4 Å². The first-order chi connectivity index (χ1) is 13.9. The molecule has 0 saturated heterocycles. The first-order valence-corrected chi connectivity index (χ1v) is 11.0. The summed E-state index contributed by atoms with van der Waals surface area (Å²) < 4.78 is 38.2. The molecule has 0 spiro atoms. The largest absolute Gasteiger partial charge is 0.497 e. The van der Waals surface area contributed by atoms with Gasteiger partial charge in [-0.3, -0.25) is 4.68 Å². The Hall–Kier alpha value is -2.92. The Morgan fingerprint density at radius 3 is 2.76 bits per heavy atom. The number of benzene rings is 1. The lowest BCUT2D eigenvalue weighted by molar-refractivity contribution is 0.150. The lowest BCUT2D eigenvalue weighted by Crippen LogP contribution is -2.12. The third-order valence-corrected chi connectivity index (χ3v) is 7.58. The molecule has 0 unspecified atom stereocenters. The number of primary amides is 1. The molecule has 9 nitrogen and oxygen atoms in total. The molecule has 2 heterocycles. The van der Waals surface area contributed by atoms with E-state index in [0.717, 1.165) is 29.7 Å². The zero-order valence-electron chi connectivity index (χ0n) is 15.4. The number of methoxy groups -OCH3 is 1. The highest BCUT2D eigenvalue weighted by atomic mass is 32.2. The van der Waals surface area contributed by atoms with Crippen LogP contribution < -0.4 is 10.5 Å². The molecular formula is C18H18N4O5S2. The number of carbonyl (C=O) groups excluding carboxylic acids is 1. The van der Waals surface area contributed by atoms with Crippen LogP contribution in [0, 0.1) is 0 Å². The van der Waals surface area contributed by atoms with Crippen molar-refractivity contribution < 1.29 is 22.7 Å². The van der Waals surface area contributed by atoms with Gasteiger partial charge in [0, 0.05) is 11.8 Å². The number of carbonyl (C=O) groups is 1. The average molecular weight is 434 g/mol. The second kappa shape index (κ2) is 7.48. The van der Waals surface area contributed by atoms with Crippen LogP contribution in [0.5, 0.6) is 5.75 Å². The maximum Gasteiger partial charge on any atom is 0.404 e. The summed E-state index contributed by atoms with van der Waals surface area (Å²) in [7, 11) is -2.36. The second-order valence-electron chi connectivity index (χ2n) is 6.52. The molecular weight excluding hydrogens is 416 g/mol. The number of sulfone groups is 1. The van der Waals surface area contributed by atoms with Gasteiger partial charge in [-0.2, -0.15) is 5.10 Å². The molecule has 1 amide bonds. The molecule has 1 aromatic carbocycles. The highest BCUT2D eigenvalue weighted by molar-refractivity contribution is 7.93. The zero-order valence-corrected chi connectivity index (χ0v) is 17.1. The van der Waals surface area contributed by atoms with Crippen molar-refractivity contribution in [1.29, 1.82) is 0 Å². The lowest BCUT2D eigenvalue weighted by atomic mass is 10.1. The average Bonchev–Trinajstić information content (AvgIpc) is 3.24. The number of nitrogens with two attached hydrogens (primary N) is 1. The van der Waals surface area contributed by atoms with E-state index < -0.39 is 15.9 Å². The summed E-state index contributed by atoms with van der Waals surface area (Å²) in [6, 6.07) is 5.25. The van der Waals surface area contributed by atoms with Crippen molar-refractivity contribution in [2.24, 2.45) is 5.73 Å². The highest BCUT2D eigenvalue weighted by Crippen LogP contribution is 2.37. The molecule has 1 aliphatic rings. The Bertz CT molecular complexity index is 1160. The molecule has 2 aromatic heterocycles. The minimum atomic E-state index is -3.84. The Morgan fingerprint density at radius 1 is 1.28 bits per heavy atom. The molecule has 152 valence electrons. The minimum Gasteiger partial charge on any atom is -0.497 e. The normalized spacial score (nSPS) is 14.0. The van der Waals surface area contributed by atoms with Gasteiger partial charge < -0.3 is 15.2 Å². The van der Waals surface area contributed by atoms with Crippen molar-refractivity contribution in [3.8, 4) is 16.9 Å². The number of thiazole rings is 1. The molecule has 2 N–H and O–H groups in total. The van der Waals surface area contributed by atoms with Crippen LogP contribution in [0.1, 0.15) is 23.9 Å². The Labute approximate surface area is 171 Å². The van der Waals surface area contributed by atoms with Gasteiger partial charge in [0.05, 0.1) is 30.4 Å².